The van der Waals surface area contributed by atoms with Gasteiger partial charge in [0.05, 0.1) is 10.7 Å². The van der Waals surface area contributed by atoms with E-state index >= 15 is 0 Å². The number of aryl methyl sites for hydroxylation is 1. The maximum atomic E-state index is 11.3. The predicted molar refractivity (Wildman–Crippen MR) is 47.5 cm³/mol. The smallest absolute Gasteiger partial charge is 0.263 e. The van der Waals surface area contributed by atoms with Crippen LogP contribution in [0.3, 0.4) is 0 Å². The van der Waals surface area contributed by atoms with Crippen LogP contribution in [0.25, 0.3) is 0 Å². The summed E-state index contributed by atoms with van der Waals surface area (Å²) in [7, 11) is 0. The van der Waals surface area contributed by atoms with Gasteiger partial charge in [0.15, 0.2) is 0 Å². The minimum absolute atomic E-state index is 0.0495. The number of carbonyl (C=O) groups is 1. The molecule has 1 aliphatic rings. The zero-order valence-electron chi connectivity index (χ0n) is 6.89. The largest absolute Gasteiger partial charge is 0.351 e. The van der Waals surface area contributed by atoms with Crippen molar-refractivity contribution in [2.75, 3.05) is 6.54 Å². The molecule has 4 heteroatoms. The summed E-state index contributed by atoms with van der Waals surface area (Å²) in [5, 5.41) is 3.87. The van der Waals surface area contributed by atoms with Crippen molar-refractivity contribution in [2.45, 2.75) is 19.8 Å². The van der Waals surface area contributed by atoms with Crippen LogP contribution in [-0.2, 0) is 12.8 Å². The van der Waals surface area contributed by atoms with Crippen LogP contribution >= 0.6 is 11.3 Å². The van der Waals surface area contributed by atoms with Crippen LogP contribution in [0.1, 0.15) is 27.3 Å². The Bertz CT molecular complexity index is 319. The molecule has 0 unspecified atom stereocenters. The van der Waals surface area contributed by atoms with Crippen molar-refractivity contribution in [2.24, 2.45) is 0 Å². The average molecular weight is 182 g/mol. The van der Waals surface area contributed by atoms with Crippen molar-refractivity contribution in [1.82, 2.24) is 10.3 Å². The monoisotopic (exact) mass is 182 g/mol. The van der Waals surface area contributed by atoms with Crippen molar-refractivity contribution < 1.29 is 4.79 Å². The van der Waals surface area contributed by atoms with Crippen LogP contribution in [-0.4, -0.2) is 17.4 Å². The van der Waals surface area contributed by atoms with Gasteiger partial charge >= 0.3 is 0 Å². The van der Waals surface area contributed by atoms with Crippen LogP contribution in [0.2, 0.25) is 0 Å². The molecule has 0 saturated heterocycles. The molecule has 64 valence electrons. The summed E-state index contributed by atoms with van der Waals surface area (Å²) in [4.78, 5) is 16.5. The lowest BCUT2D eigenvalue weighted by Crippen LogP contribution is -2.30. The number of hydrogen-bond acceptors (Lipinski definition) is 3. The molecular weight excluding hydrogens is 172 g/mol. The molecule has 0 fully saturated rings. The van der Waals surface area contributed by atoms with Gasteiger partial charge in [-0.25, -0.2) is 4.98 Å². The fourth-order valence-electron chi connectivity index (χ4n) is 1.27. The van der Waals surface area contributed by atoms with Gasteiger partial charge in [0, 0.05) is 13.0 Å². The molecule has 0 saturated carbocycles. The Balaban J connectivity index is 2.43. The average Bonchev–Trinajstić information content (AvgIpc) is 2.49. The highest BCUT2D eigenvalue weighted by molar-refractivity contribution is 7.13. The second-order valence-corrected chi connectivity index (χ2v) is 3.83. The Morgan fingerprint density at radius 2 is 2.50 bits per heavy atom. The SMILES string of the molecule is CCc1nc2c(s1)C(=O)NCC2. The van der Waals surface area contributed by atoms with E-state index in [1.807, 2.05) is 0 Å². The molecule has 1 aliphatic heterocycles. The number of nitrogens with zero attached hydrogens (tertiary/aromatic N) is 1. The van der Waals surface area contributed by atoms with Crippen molar-refractivity contribution >= 4 is 17.2 Å². The number of nitrogens with one attached hydrogen (secondary N) is 1. The number of fused-ring (bicyclic) bond motifs is 1. The lowest BCUT2D eigenvalue weighted by molar-refractivity contribution is 0.0950. The summed E-state index contributed by atoms with van der Waals surface area (Å²) in [6, 6.07) is 0. The van der Waals surface area contributed by atoms with Crippen molar-refractivity contribution in [1.29, 1.82) is 0 Å². The molecule has 2 heterocycles. The van der Waals surface area contributed by atoms with Crippen LogP contribution in [0.4, 0.5) is 0 Å². The van der Waals surface area contributed by atoms with Crippen molar-refractivity contribution in [3.8, 4) is 0 Å². The molecule has 12 heavy (non-hydrogen) atoms. The van der Waals surface area contributed by atoms with Gasteiger partial charge in [-0.1, -0.05) is 6.92 Å². The van der Waals surface area contributed by atoms with Gasteiger partial charge in [0.2, 0.25) is 0 Å². The third kappa shape index (κ3) is 1.12. The molecule has 3 nitrogen and oxygen atoms in total. The Hall–Kier alpha value is -0.900. The van der Waals surface area contributed by atoms with Crippen molar-refractivity contribution in [3.05, 3.63) is 15.6 Å². The van der Waals surface area contributed by atoms with Gasteiger partial charge in [-0.2, -0.15) is 0 Å². The van der Waals surface area contributed by atoms with Gasteiger partial charge in [-0.15, -0.1) is 11.3 Å². The summed E-state index contributed by atoms with van der Waals surface area (Å²) >= 11 is 1.52. The number of thiazole rings is 1. The van der Waals surface area contributed by atoms with E-state index in [4.69, 9.17) is 0 Å². The van der Waals surface area contributed by atoms with Gasteiger partial charge < -0.3 is 5.32 Å². The maximum absolute atomic E-state index is 11.3. The molecule has 2 rings (SSSR count). The van der Waals surface area contributed by atoms with E-state index in [0.29, 0.717) is 0 Å². The first-order valence-electron chi connectivity index (χ1n) is 4.08. The fraction of sp³-hybridized carbons (Fsp3) is 0.500. The summed E-state index contributed by atoms with van der Waals surface area (Å²) in [5.41, 5.74) is 0.987. The van der Waals surface area contributed by atoms with Crippen LogP contribution in [0.5, 0.6) is 0 Å². The molecule has 1 aromatic heterocycles. The van der Waals surface area contributed by atoms with E-state index in [9.17, 15) is 4.79 Å². The molecular formula is C8H10N2OS. The molecule has 0 bridgehead atoms. The van der Waals surface area contributed by atoms with Crippen LogP contribution in [0.15, 0.2) is 0 Å². The normalized spacial score (nSPS) is 15.6. The van der Waals surface area contributed by atoms with Gasteiger partial charge in [-0.3, -0.25) is 4.79 Å². The first-order chi connectivity index (χ1) is 5.81. The van der Waals surface area contributed by atoms with Gasteiger partial charge in [0.25, 0.3) is 5.91 Å². The van der Waals surface area contributed by atoms with E-state index in [1.54, 1.807) is 0 Å². The standard InChI is InChI=1S/C8H10N2OS/c1-2-6-10-5-3-4-9-8(11)7(5)12-6/h2-4H2,1H3,(H,9,11). The Morgan fingerprint density at radius 1 is 1.67 bits per heavy atom. The molecule has 0 spiro atoms. The Kier molecular flexibility index (Phi) is 1.84. The highest BCUT2D eigenvalue weighted by Gasteiger charge is 2.20. The molecule has 0 aliphatic carbocycles. The Labute approximate surface area is 74.8 Å². The van der Waals surface area contributed by atoms with E-state index in [-0.39, 0.29) is 5.91 Å². The zero-order chi connectivity index (χ0) is 8.55. The molecule has 0 aromatic carbocycles. The van der Waals surface area contributed by atoms with Gasteiger partial charge in [0.1, 0.15) is 4.88 Å². The molecule has 0 radical (unpaired) electrons. The second-order valence-electron chi connectivity index (χ2n) is 2.74. The minimum Gasteiger partial charge on any atom is -0.351 e. The third-order valence-electron chi connectivity index (χ3n) is 1.90. The number of carbonyl (C=O) groups excluding carboxylic acids is 1. The quantitative estimate of drug-likeness (QED) is 0.703. The molecule has 1 N–H and O–H groups in total. The van der Waals surface area contributed by atoms with E-state index in [0.717, 1.165) is 35.0 Å². The lowest BCUT2D eigenvalue weighted by Gasteiger charge is -2.09. The van der Waals surface area contributed by atoms with Crippen LogP contribution < -0.4 is 5.32 Å². The fourth-order valence-corrected chi connectivity index (χ4v) is 2.24. The summed E-state index contributed by atoms with van der Waals surface area (Å²) < 4.78 is 0. The Morgan fingerprint density at radius 3 is 3.17 bits per heavy atom. The van der Waals surface area contributed by atoms with Crippen molar-refractivity contribution in [3.63, 3.8) is 0 Å². The van der Waals surface area contributed by atoms with Crippen LogP contribution in [0, 0.1) is 0 Å². The molecule has 1 amide bonds. The molecule has 0 atom stereocenters. The number of aromatic nitrogens is 1. The van der Waals surface area contributed by atoms with E-state index in [2.05, 4.69) is 17.2 Å². The third-order valence-corrected chi connectivity index (χ3v) is 3.14. The number of amides is 1. The topological polar surface area (TPSA) is 42.0 Å². The zero-order valence-corrected chi connectivity index (χ0v) is 7.70. The second kappa shape index (κ2) is 2.86. The van der Waals surface area contributed by atoms with E-state index < -0.39 is 0 Å². The number of hydrogen-bond donors (Lipinski definition) is 1. The number of rotatable bonds is 1. The molecule has 1 aromatic rings. The van der Waals surface area contributed by atoms with E-state index in [1.165, 1.54) is 11.3 Å². The maximum Gasteiger partial charge on any atom is 0.263 e. The first-order valence-corrected chi connectivity index (χ1v) is 4.89. The summed E-state index contributed by atoms with van der Waals surface area (Å²) in [5.74, 6) is 0.0495. The lowest BCUT2D eigenvalue weighted by atomic mass is 10.2. The minimum atomic E-state index is 0.0495. The van der Waals surface area contributed by atoms with Gasteiger partial charge in [-0.05, 0) is 6.42 Å². The summed E-state index contributed by atoms with van der Waals surface area (Å²) in [6.45, 7) is 2.79. The first kappa shape index (κ1) is 7.73. The highest BCUT2D eigenvalue weighted by Crippen LogP contribution is 2.21. The highest BCUT2D eigenvalue weighted by atomic mass is 32.1. The summed E-state index contributed by atoms with van der Waals surface area (Å²) in [6.07, 6.45) is 1.81. The predicted octanol–water partition coefficient (Wildman–Crippen LogP) is 0.991.